The summed E-state index contributed by atoms with van der Waals surface area (Å²) >= 11 is 1.51. The predicted molar refractivity (Wildman–Crippen MR) is 221 cm³/mol. The monoisotopic (exact) mass is 806 g/mol. The van der Waals surface area contributed by atoms with E-state index in [0.29, 0.717) is 32.2 Å². The lowest BCUT2D eigenvalue weighted by Crippen LogP contribution is -2.61. The number of nitrogens with zero attached hydrogens (tertiary/aromatic N) is 3. The minimum absolute atomic E-state index is 0.0837. The SMILES string of the molecule is NCCCCCCCCCC(=O)N[C@@H](Cc1cccs1)C(=O)N1Cc2ccccc2C[C@@H]1C(=O)N1[C@H](C(=O)N[C@@H](CCCN=C(N)N)C(=O)O)C[C@@H]2CCCC[C@@H]21. The Morgan fingerprint density at radius 1 is 0.860 bits per heavy atom. The molecule has 0 spiro atoms. The van der Waals surface area contributed by atoms with Crippen LogP contribution in [0.3, 0.4) is 0 Å². The van der Waals surface area contributed by atoms with Crippen molar-refractivity contribution in [3.05, 3.63) is 57.8 Å². The van der Waals surface area contributed by atoms with Crippen molar-refractivity contribution in [1.29, 1.82) is 0 Å². The van der Waals surface area contributed by atoms with Gasteiger partial charge < -0.3 is 42.7 Å². The average Bonchev–Trinajstić information content (AvgIpc) is 3.87. The lowest BCUT2D eigenvalue weighted by atomic mass is 9.84. The molecule has 1 aliphatic carbocycles. The van der Waals surface area contributed by atoms with Gasteiger partial charge in [0, 0.05) is 43.3 Å². The fourth-order valence-corrected chi connectivity index (χ4v) is 9.55. The molecule has 6 atom stereocenters. The highest BCUT2D eigenvalue weighted by molar-refractivity contribution is 7.09. The number of carboxylic acid groups (broad SMARTS) is 1. The second kappa shape index (κ2) is 21.9. The number of fused-ring (bicyclic) bond motifs is 2. The number of amides is 4. The van der Waals surface area contributed by atoms with Crippen LogP contribution in [0.4, 0.5) is 0 Å². The number of carbonyl (C=O) groups is 5. The number of benzene rings is 1. The smallest absolute Gasteiger partial charge is 0.326 e. The lowest BCUT2D eigenvalue weighted by molar-refractivity contribution is -0.153. The number of hydrogen-bond donors (Lipinski definition) is 6. The highest BCUT2D eigenvalue weighted by atomic mass is 32.1. The molecule has 1 saturated carbocycles. The average molecular weight is 807 g/mol. The molecule has 2 aromatic rings. The van der Waals surface area contributed by atoms with Gasteiger partial charge in [0.2, 0.25) is 23.6 Å². The van der Waals surface area contributed by atoms with Crippen LogP contribution in [0.5, 0.6) is 0 Å². The van der Waals surface area contributed by atoms with Gasteiger partial charge in [-0.25, -0.2) is 4.79 Å². The van der Waals surface area contributed by atoms with E-state index in [0.717, 1.165) is 86.6 Å². The Morgan fingerprint density at radius 3 is 2.28 bits per heavy atom. The van der Waals surface area contributed by atoms with Crippen LogP contribution >= 0.6 is 11.3 Å². The Hall–Kier alpha value is -4.50. The fourth-order valence-electron chi connectivity index (χ4n) is 8.80. The Morgan fingerprint density at radius 2 is 1.58 bits per heavy atom. The number of nitrogens with one attached hydrogen (secondary N) is 2. The molecule has 1 aromatic heterocycles. The van der Waals surface area contributed by atoms with E-state index in [1.807, 2.05) is 41.8 Å². The molecule has 15 heteroatoms. The summed E-state index contributed by atoms with van der Waals surface area (Å²) in [6.07, 6.45) is 12.3. The van der Waals surface area contributed by atoms with Gasteiger partial charge in [0.15, 0.2) is 5.96 Å². The van der Waals surface area contributed by atoms with Crippen LogP contribution in [0.25, 0.3) is 0 Å². The van der Waals surface area contributed by atoms with Crippen LogP contribution in [-0.4, -0.2) is 93.8 Å². The van der Waals surface area contributed by atoms with Crippen molar-refractivity contribution in [2.75, 3.05) is 13.1 Å². The molecule has 0 radical (unpaired) electrons. The van der Waals surface area contributed by atoms with E-state index in [1.165, 1.54) is 11.3 Å². The van der Waals surface area contributed by atoms with E-state index in [-0.39, 0.29) is 61.6 Å². The van der Waals surface area contributed by atoms with Crippen LogP contribution in [0.1, 0.15) is 112 Å². The van der Waals surface area contributed by atoms with Crippen molar-refractivity contribution in [3.63, 3.8) is 0 Å². The van der Waals surface area contributed by atoms with Crippen LogP contribution in [0.2, 0.25) is 0 Å². The topological polar surface area (TPSA) is 227 Å². The molecule has 57 heavy (non-hydrogen) atoms. The predicted octanol–water partition coefficient (Wildman–Crippen LogP) is 3.59. The number of thiophene rings is 1. The summed E-state index contributed by atoms with van der Waals surface area (Å²) in [5.74, 6) is -2.56. The highest BCUT2D eigenvalue weighted by Crippen LogP contribution is 2.41. The number of carboxylic acids is 1. The third-order valence-electron chi connectivity index (χ3n) is 11.7. The molecule has 0 unspecified atom stereocenters. The van der Waals surface area contributed by atoms with Gasteiger partial charge in [0.25, 0.3) is 0 Å². The molecule has 3 aliphatic rings. The first-order valence-electron chi connectivity index (χ1n) is 20.9. The van der Waals surface area contributed by atoms with Gasteiger partial charge in [-0.3, -0.25) is 24.2 Å². The molecule has 1 aromatic carbocycles. The quantitative estimate of drug-likeness (QED) is 0.0615. The van der Waals surface area contributed by atoms with E-state index in [9.17, 15) is 24.3 Å². The van der Waals surface area contributed by atoms with Gasteiger partial charge in [0.05, 0.1) is 0 Å². The zero-order chi connectivity index (χ0) is 40.7. The molecule has 1 saturated heterocycles. The van der Waals surface area contributed by atoms with Crippen LogP contribution in [-0.2, 0) is 43.4 Å². The van der Waals surface area contributed by atoms with Crippen molar-refractivity contribution >= 4 is 46.9 Å². The molecule has 5 rings (SSSR count). The molecular formula is C42H62N8O6S. The minimum atomic E-state index is -1.19. The largest absolute Gasteiger partial charge is 0.480 e. The number of nitrogens with two attached hydrogens (primary N) is 3. The summed E-state index contributed by atoms with van der Waals surface area (Å²) in [6.45, 7) is 1.11. The zero-order valence-corrected chi connectivity index (χ0v) is 33.9. The van der Waals surface area contributed by atoms with Crippen molar-refractivity contribution < 1.29 is 29.1 Å². The molecule has 312 valence electrons. The molecule has 9 N–H and O–H groups in total. The van der Waals surface area contributed by atoms with Crippen LogP contribution in [0, 0.1) is 5.92 Å². The number of aliphatic carboxylic acids is 1. The first-order valence-corrected chi connectivity index (χ1v) is 21.7. The van der Waals surface area contributed by atoms with Gasteiger partial charge >= 0.3 is 5.97 Å². The highest BCUT2D eigenvalue weighted by Gasteiger charge is 2.51. The third kappa shape index (κ3) is 12.2. The normalized spacial score (nSPS) is 21.1. The van der Waals surface area contributed by atoms with E-state index < -0.39 is 36.0 Å². The Bertz CT molecular complexity index is 1680. The van der Waals surface area contributed by atoms with Crippen LogP contribution < -0.4 is 27.8 Å². The summed E-state index contributed by atoms with van der Waals surface area (Å²) in [7, 11) is 0. The molecule has 0 bridgehead atoms. The maximum atomic E-state index is 15.1. The second-order valence-electron chi connectivity index (χ2n) is 15.8. The van der Waals surface area contributed by atoms with Gasteiger partial charge in [-0.1, -0.05) is 75.3 Å². The van der Waals surface area contributed by atoms with Crippen molar-refractivity contribution in [1.82, 2.24) is 20.4 Å². The van der Waals surface area contributed by atoms with Gasteiger partial charge in [0.1, 0.15) is 24.2 Å². The number of guanidine groups is 1. The third-order valence-corrected chi connectivity index (χ3v) is 12.6. The van der Waals surface area contributed by atoms with E-state index in [1.54, 1.807) is 9.80 Å². The molecule has 2 fully saturated rings. The van der Waals surface area contributed by atoms with E-state index in [2.05, 4.69) is 15.6 Å². The summed E-state index contributed by atoms with van der Waals surface area (Å²) < 4.78 is 0. The Labute approximate surface area is 340 Å². The van der Waals surface area contributed by atoms with E-state index >= 15 is 4.79 Å². The number of hydrogen-bond acceptors (Lipinski definition) is 8. The maximum Gasteiger partial charge on any atom is 0.326 e. The van der Waals surface area contributed by atoms with Crippen molar-refractivity contribution in [2.24, 2.45) is 28.1 Å². The zero-order valence-electron chi connectivity index (χ0n) is 33.1. The summed E-state index contributed by atoms with van der Waals surface area (Å²) in [6, 6.07) is 7.54. The van der Waals surface area contributed by atoms with Crippen molar-refractivity contribution in [2.45, 2.75) is 146 Å². The van der Waals surface area contributed by atoms with Crippen molar-refractivity contribution in [3.8, 4) is 0 Å². The number of unbranched alkanes of at least 4 members (excludes halogenated alkanes) is 6. The fraction of sp³-hybridized carbons (Fsp3) is 0.619. The van der Waals surface area contributed by atoms with Gasteiger partial charge in [-0.05, 0) is 80.0 Å². The maximum absolute atomic E-state index is 15.1. The minimum Gasteiger partial charge on any atom is -0.480 e. The first kappa shape index (κ1) is 43.6. The van der Waals surface area contributed by atoms with Gasteiger partial charge in [-0.15, -0.1) is 11.3 Å². The molecular weight excluding hydrogens is 745 g/mol. The molecule has 14 nitrogen and oxygen atoms in total. The Balaban J connectivity index is 1.36. The number of aliphatic imine (C=N–C) groups is 1. The van der Waals surface area contributed by atoms with E-state index in [4.69, 9.17) is 17.2 Å². The number of likely N-dealkylation sites (tertiary alicyclic amines) is 1. The molecule has 4 amide bonds. The standard InChI is InChI=1S/C42H62N8O6S/c43-21-11-5-3-1-2-4-6-20-37(51)47-33(26-31-17-13-23-57-31)39(53)49-27-30-16-8-7-14-28(30)24-36(49)40(54)50-34-19-10-9-15-29(34)25-35(50)38(52)48-32(41(55)56)18-12-22-46-42(44)45/h7-8,13-14,16-17,23,29,32-36H,1-6,9-12,15,18-22,24-27,43H2,(H,47,51)(H,48,52)(H,55,56)(H4,44,45,46)/t29-,32-,33-,34-,35-,36+/m0/s1. The van der Waals surface area contributed by atoms with Crippen LogP contribution in [0.15, 0.2) is 46.8 Å². The van der Waals surface area contributed by atoms with Gasteiger partial charge in [-0.2, -0.15) is 0 Å². The molecule has 3 heterocycles. The summed E-state index contributed by atoms with van der Waals surface area (Å²) in [5, 5.41) is 17.7. The number of rotatable bonds is 21. The summed E-state index contributed by atoms with van der Waals surface area (Å²) in [4.78, 5) is 77.9. The second-order valence-corrected chi connectivity index (χ2v) is 16.9. The Kier molecular flexibility index (Phi) is 16.7. The summed E-state index contributed by atoms with van der Waals surface area (Å²) in [5.41, 5.74) is 18.3. The lowest BCUT2D eigenvalue weighted by Gasteiger charge is -2.42. The first-order chi connectivity index (χ1) is 27.6. The molecule has 2 aliphatic heterocycles. The number of carbonyl (C=O) groups excluding carboxylic acids is 4.